The number of halogens is 2. The first-order chi connectivity index (χ1) is 14.4. The van der Waals surface area contributed by atoms with Crippen LogP contribution in [0.2, 0.25) is 10.0 Å². The quantitative estimate of drug-likeness (QED) is 0.593. The number of aromatic nitrogens is 2. The van der Waals surface area contributed by atoms with E-state index in [1.54, 1.807) is 25.2 Å². The van der Waals surface area contributed by atoms with Gasteiger partial charge in [0.1, 0.15) is 0 Å². The van der Waals surface area contributed by atoms with Gasteiger partial charge in [-0.25, -0.2) is 4.79 Å². The lowest BCUT2D eigenvalue weighted by molar-refractivity contribution is 0.290. The molecule has 0 radical (unpaired) electrons. The number of rotatable bonds is 5. The van der Waals surface area contributed by atoms with E-state index in [-0.39, 0.29) is 11.2 Å². The van der Waals surface area contributed by atoms with Gasteiger partial charge in [-0.05, 0) is 54.3 Å². The predicted molar refractivity (Wildman–Crippen MR) is 124 cm³/mol. The first-order valence-electron chi connectivity index (χ1n) is 10.0. The summed E-state index contributed by atoms with van der Waals surface area (Å²) in [4.78, 5) is 27.8. The van der Waals surface area contributed by atoms with E-state index in [1.165, 1.54) is 20.3 Å². The van der Waals surface area contributed by atoms with E-state index >= 15 is 0 Å². The molecule has 156 valence electrons. The van der Waals surface area contributed by atoms with Gasteiger partial charge in [-0.1, -0.05) is 41.4 Å². The number of fused-ring (bicyclic) bond motifs is 1. The maximum atomic E-state index is 12.8. The lowest BCUT2D eigenvalue weighted by atomic mass is 9.99. The summed E-state index contributed by atoms with van der Waals surface area (Å²) in [5, 5.41) is 1.76. The summed E-state index contributed by atoms with van der Waals surface area (Å²) in [6, 6.07) is 13.0. The normalized spacial score (nSPS) is 14.8. The highest BCUT2D eigenvalue weighted by atomic mass is 35.5. The Morgan fingerprint density at radius 3 is 2.40 bits per heavy atom. The van der Waals surface area contributed by atoms with Crippen LogP contribution >= 0.6 is 23.2 Å². The van der Waals surface area contributed by atoms with Crippen molar-refractivity contribution < 1.29 is 0 Å². The molecule has 5 nitrogen and oxygen atoms in total. The highest BCUT2D eigenvalue weighted by molar-refractivity contribution is 6.31. The zero-order valence-electron chi connectivity index (χ0n) is 16.8. The zero-order valence-corrected chi connectivity index (χ0v) is 18.3. The summed E-state index contributed by atoms with van der Waals surface area (Å²) < 4.78 is 2.82. The van der Waals surface area contributed by atoms with Crippen molar-refractivity contribution in [2.24, 2.45) is 7.05 Å². The highest BCUT2D eigenvalue weighted by Crippen LogP contribution is 2.23. The average Bonchev–Trinajstić information content (AvgIpc) is 2.75. The number of hydrogen-bond acceptors (Lipinski definition) is 3. The average molecular weight is 444 g/mol. The van der Waals surface area contributed by atoms with Crippen molar-refractivity contribution in [3.8, 4) is 0 Å². The second-order valence-corrected chi connectivity index (χ2v) is 8.47. The Hall–Kier alpha value is -2.34. The lowest BCUT2D eigenvalue weighted by Gasteiger charge is -2.26. The minimum Gasteiger partial charge on any atom is -0.299 e. The first-order valence-corrected chi connectivity index (χ1v) is 10.8. The Morgan fingerprint density at radius 1 is 0.967 bits per heavy atom. The molecule has 0 saturated carbocycles. The van der Waals surface area contributed by atoms with Crippen molar-refractivity contribution >= 4 is 39.7 Å². The fourth-order valence-corrected chi connectivity index (χ4v) is 4.26. The summed E-state index contributed by atoms with van der Waals surface area (Å²) in [6.07, 6.45) is 3.95. The van der Waals surface area contributed by atoms with Crippen molar-refractivity contribution in [1.29, 1.82) is 0 Å². The van der Waals surface area contributed by atoms with Crippen molar-refractivity contribution in [1.82, 2.24) is 14.0 Å². The van der Waals surface area contributed by atoms with Gasteiger partial charge in [0.2, 0.25) is 0 Å². The monoisotopic (exact) mass is 443 g/mol. The molecule has 0 spiro atoms. The Bertz CT molecular complexity index is 1230. The van der Waals surface area contributed by atoms with E-state index in [4.69, 9.17) is 23.2 Å². The summed E-state index contributed by atoms with van der Waals surface area (Å²) in [7, 11) is 1.67. The van der Waals surface area contributed by atoms with Gasteiger partial charge in [-0.2, -0.15) is 0 Å². The molecule has 2 heterocycles. The fourth-order valence-electron chi connectivity index (χ4n) is 3.97. The van der Waals surface area contributed by atoms with Crippen LogP contribution in [0.3, 0.4) is 0 Å². The smallest absolute Gasteiger partial charge is 0.299 e. The Kier molecular flexibility index (Phi) is 6.14. The topological polar surface area (TPSA) is 47.2 Å². The van der Waals surface area contributed by atoms with E-state index in [0.717, 1.165) is 37.5 Å². The van der Waals surface area contributed by atoms with E-state index in [1.807, 2.05) is 12.1 Å². The molecule has 1 aliphatic rings. The lowest BCUT2D eigenvalue weighted by Crippen LogP contribution is -2.40. The van der Waals surface area contributed by atoms with Crippen LogP contribution in [-0.2, 0) is 13.6 Å². The van der Waals surface area contributed by atoms with Gasteiger partial charge in [0.15, 0.2) is 0 Å². The Balaban J connectivity index is 1.42. The standard InChI is InChI=1S/C23H23Cl2N3O2/c1-26-21-15-19(25)7-8-20(21)22(29)28(23(26)30)12-2-11-27-13-9-17(10-14-27)16-3-5-18(24)6-4-16/h3-9,15H,2,10-14H2,1H3. The molecule has 0 amide bonds. The minimum atomic E-state index is -0.307. The summed E-state index contributed by atoms with van der Waals surface area (Å²) in [6.45, 7) is 3.05. The van der Waals surface area contributed by atoms with Gasteiger partial charge in [-0.15, -0.1) is 0 Å². The van der Waals surface area contributed by atoms with Crippen LogP contribution in [0.4, 0.5) is 0 Å². The first kappa shape index (κ1) is 20.9. The predicted octanol–water partition coefficient (Wildman–Crippen LogP) is 4.19. The molecule has 0 bridgehead atoms. The van der Waals surface area contributed by atoms with Crippen LogP contribution in [0, 0.1) is 0 Å². The SMILES string of the molecule is Cn1c(=O)n(CCCN2CC=C(c3ccc(Cl)cc3)CC2)c(=O)c2ccc(Cl)cc21. The highest BCUT2D eigenvalue weighted by Gasteiger charge is 2.14. The fraction of sp³-hybridized carbons (Fsp3) is 0.304. The van der Waals surface area contributed by atoms with Crippen LogP contribution in [0.15, 0.2) is 58.1 Å². The number of hydrogen-bond donors (Lipinski definition) is 0. The Labute approximate surface area is 184 Å². The van der Waals surface area contributed by atoms with Crippen molar-refractivity contribution in [2.75, 3.05) is 19.6 Å². The second-order valence-electron chi connectivity index (χ2n) is 7.60. The maximum Gasteiger partial charge on any atom is 0.331 e. The van der Waals surface area contributed by atoms with Gasteiger partial charge < -0.3 is 0 Å². The zero-order chi connectivity index (χ0) is 21.3. The molecule has 0 unspecified atom stereocenters. The van der Waals surface area contributed by atoms with Crippen LogP contribution in [0.25, 0.3) is 16.5 Å². The summed E-state index contributed by atoms with van der Waals surface area (Å²) >= 11 is 12.0. The molecule has 3 aromatic rings. The number of aryl methyl sites for hydroxylation is 1. The maximum absolute atomic E-state index is 12.8. The molecule has 0 N–H and O–H groups in total. The van der Waals surface area contributed by atoms with Crippen molar-refractivity contribution in [3.63, 3.8) is 0 Å². The third-order valence-corrected chi connectivity index (χ3v) is 6.17. The third kappa shape index (κ3) is 4.24. The molecule has 1 aliphatic heterocycles. The molecule has 4 rings (SSSR count). The molecular formula is C23H23Cl2N3O2. The van der Waals surface area contributed by atoms with E-state index in [0.29, 0.717) is 22.5 Å². The number of nitrogens with zero attached hydrogens (tertiary/aromatic N) is 3. The minimum absolute atomic E-state index is 0.256. The molecule has 2 aromatic carbocycles. The summed E-state index contributed by atoms with van der Waals surface area (Å²) in [5.41, 5.74) is 2.54. The van der Waals surface area contributed by atoms with Crippen LogP contribution in [0.1, 0.15) is 18.4 Å². The van der Waals surface area contributed by atoms with E-state index in [9.17, 15) is 9.59 Å². The van der Waals surface area contributed by atoms with E-state index < -0.39 is 0 Å². The molecule has 0 saturated heterocycles. The Morgan fingerprint density at radius 2 is 1.70 bits per heavy atom. The van der Waals surface area contributed by atoms with Gasteiger partial charge in [-0.3, -0.25) is 18.8 Å². The molecule has 0 fully saturated rings. The molecule has 30 heavy (non-hydrogen) atoms. The largest absolute Gasteiger partial charge is 0.331 e. The molecular weight excluding hydrogens is 421 g/mol. The molecule has 7 heteroatoms. The van der Waals surface area contributed by atoms with Crippen molar-refractivity contribution in [3.05, 3.63) is 85.0 Å². The van der Waals surface area contributed by atoms with Crippen LogP contribution in [0.5, 0.6) is 0 Å². The van der Waals surface area contributed by atoms with Gasteiger partial charge in [0, 0.05) is 43.3 Å². The van der Waals surface area contributed by atoms with Gasteiger partial charge in [0.05, 0.1) is 10.9 Å². The number of benzene rings is 2. The van der Waals surface area contributed by atoms with Crippen LogP contribution in [-0.4, -0.2) is 33.7 Å². The van der Waals surface area contributed by atoms with Crippen molar-refractivity contribution in [2.45, 2.75) is 19.4 Å². The molecule has 0 atom stereocenters. The second kappa shape index (κ2) is 8.80. The van der Waals surface area contributed by atoms with Crippen LogP contribution < -0.4 is 11.2 Å². The van der Waals surface area contributed by atoms with Gasteiger partial charge >= 0.3 is 5.69 Å². The van der Waals surface area contributed by atoms with Gasteiger partial charge in [0.25, 0.3) is 5.56 Å². The summed E-state index contributed by atoms with van der Waals surface area (Å²) in [5.74, 6) is 0. The molecule has 0 aliphatic carbocycles. The van der Waals surface area contributed by atoms with E-state index in [2.05, 4.69) is 23.1 Å². The molecule has 1 aromatic heterocycles. The third-order valence-electron chi connectivity index (χ3n) is 5.68.